The van der Waals surface area contributed by atoms with Crippen LogP contribution in [0, 0.1) is 11.3 Å². The maximum atomic E-state index is 11.2. The molecule has 2 aromatic rings. The van der Waals surface area contributed by atoms with Crippen molar-refractivity contribution in [2.24, 2.45) is 7.05 Å². The molecule has 1 aromatic heterocycles. The first-order valence-corrected chi connectivity index (χ1v) is 7.27. The summed E-state index contributed by atoms with van der Waals surface area (Å²) in [7, 11) is 1.97. The minimum absolute atomic E-state index is 0.0508. The number of aromatic nitrogens is 1. The van der Waals surface area contributed by atoms with Crippen LogP contribution in [0.15, 0.2) is 30.3 Å². The van der Waals surface area contributed by atoms with Crippen molar-refractivity contribution in [3.8, 4) is 6.07 Å². The third-order valence-electron chi connectivity index (χ3n) is 4.24. The van der Waals surface area contributed by atoms with E-state index in [0.29, 0.717) is 12.1 Å². The van der Waals surface area contributed by atoms with Crippen LogP contribution in [0.4, 0.5) is 4.79 Å². The molecule has 1 saturated heterocycles. The second-order valence-corrected chi connectivity index (χ2v) is 5.56. The van der Waals surface area contributed by atoms with E-state index < -0.39 is 6.09 Å². The van der Waals surface area contributed by atoms with Crippen LogP contribution in [0.1, 0.15) is 24.1 Å². The first-order valence-electron chi connectivity index (χ1n) is 7.27. The molecule has 2 heterocycles. The van der Waals surface area contributed by atoms with E-state index in [1.165, 1.54) is 4.90 Å². The number of amides is 1. The Morgan fingerprint density at radius 3 is 3.00 bits per heavy atom. The number of benzene rings is 1. The third kappa shape index (κ3) is 2.44. The van der Waals surface area contributed by atoms with Gasteiger partial charge in [-0.1, -0.05) is 6.08 Å². The Morgan fingerprint density at radius 2 is 2.27 bits per heavy atom. The molecule has 0 unspecified atom stereocenters. The van der Waals surface area contributed by atoms with Crippen LogP contribution in [0.25, 0.3) is 17.0 Å². The number of carboxylic acid groups (broad SMARTS) is 1. The largest absolute Gasteiger partial charge is 0.465 e. The molecule has 1 atom stereocenters. The number of aryl methyl sites for hydroxylation is 1. The van der Waals surface area contributed by atoms with Gasteiger partial charge in [0.05, 0.1) is 17.7 Å². The van der Waals surface area contributed by atoms with Gasteiger partial charge in [0.1, 0.15) is 0 Å². The van der Waals surface area contributed by atoms with Gasteiger partial charge in [-0.3, -0.25) is 0 Å². The Bertz CT molecular complexity index is 798. The minimum atomic E-state index is -0.858. The SMILES string of the molecule is Cn1c(C=C[C@@H]2CCCN2C(=O)O)cc2cc(C#N)ccc21. The summed E-state index contributed by atoms with van der Waals surface area (Å²) in [5, 5.41) is 19.1. The molecule has 1 fully saturated rings. The van der Waals surface area contributed by atoms with Gasteiger partial charge in [-0.2, -0.15) is 5.26 Å². The summed E-state index contributed by atoms with van der Waals surface area (Å²) in [4.78, 5) is 12.6. The number of nitriles is 1. The van der Waals surface area contributed by atoms with Crippen LogP contribution in [-0.2, 0) is 7.05 Å². The number of hydrogen-bond acceptors (Lipinski definition) is 2. The van der Waals surface area contributed by atoms with Crippen molar-refractivity contribution < 1.29 is 9.90 Å². The predicted octanol–water partition coefficient (Wildman–Crippen LogP) is 3.21. The Kier molecular flexibility index (Phi) is 3.60. The monoisotopic (exact) mass is 295 g/mol. The number of rotatable bonds is 2. The van der Waals surface area contributed by atoms with Crippen molar-refractivity contribution >= 4 is 23.1 Å². The normalized spacial score (nSPS) is 18.2. The third-order valence-corrected chi connectivity index (χ3v) is 4.24. The van der Waals surface area contributed by atoms with Gasteiger partial charge in [0.25, 0.3) is 0 Å². The molecule has 0 radical (unpaired) electrons. The Morgan fingerprint density at radius 1 is 1.45 bits per heavy atom. The number of fused-ring (bicyclic) bond motifs is 1. The molecule has 5 nitrogen and oxygen atoms in total. The zero-order chi connectivity index (χ0) is 15.7. The fourth-order valence-corrected chi connectivity index (χ4v) is 3.04. The van der Waals surface area contributed by atoms with E-state index in [9.17, 15) is 4.79 Å². The molecule has 1 N–H and O–H groups in total. The van der Waals surface area contributed by atoms with Crippen molar-refractivity contribution in [3.63, 3.8) is 0 Å². The van der Waals surface area contributed by atoms with E-state index in [0.717, 1.165) is 29.4 Å². The maximum Gasteiger partial charge on any atom is 0.407 e. The lowest BCUT2D eigenvalue weighted by Gasteiger charge is -2.17. The van der Waals surface area contributed by atoms with E-state index in [-0.39, 0.29) is 6.04 Å². The summed E-state index contributed by atoms with van der Waals surface area (Å²) in [6, 6.07) is 9.72. The van der Waals surface area contributed by atoms with Gasteiger partial charge in [0.15, 0.2) is 0 Å². The number of likely N-dealkylation sites (tertiary alicyclic amines) is 1. The number of nitrogens with zero attached hydrogens (tertiary/aromatic N) is 3. The van der Waals surface area contributed by atoms with Crippen molar-refractivity contribution in [2.45, 2.75) is 18.9 Å². The van der Waals surface area contributed by atoms with E-state index in [4.69, 9.17) is 10.4 Å². The lowest BCUT2D eigenvalue weighted by atomic mass is 10.1. The molecule has 1 amide bonds. The second-order valence-electron chi connectivity index (χ2n) is 5.56. The number of carbonyl (C=O) groups is 1. The van der Waals surface area contributed by atoms with Crippen molar-refractivity contribution in [3.05, 3.63) is 41.6 Å². The van der Waals surface area contributed by atoms with E-state index in [1.807, 2.05) is 42.0 Å². The Balaban J connectivity index is 1.91. The molecular formula is C17H17N3O2. The van der Waals surface area contributed by atoms with Crippen LogP contribution < -0.4 is 0 Å². The fraction of sp³-hybridized carbons (Fsp3) is 0.294. The highest BCUT2D eigenvalue weighted by atomic mass is 16.4. The second kappa shape index (κ2) is 5.57. The van der Waals surface area contributed by atoms with Gasteiger partial charge < -0.3 is 14.6 Å². The van der Waals surface area contributed by atoms with Gasteiger partial charge in [0, 0.05) is 30.2 Å². The summed E-state index contributed by atoms with van der Waals surface area (Å²) < 4.78 is 2.05. The lowest BCUT2D eigenvalue weighted by Crippen LogP contribution is -2.32. The standard InChI is InChI=1S/C17H17N3O2/c1-19-15(6-5-14-3-2-8-20(14)17(21)22)10-13-9-12(11-18)4-7-16(13)19/h4-7,9-10,14H,2-3,8H2,1H3,(H,21,22)/t14-/m0/s1. The van der Waals surface area contributed by atoms with Gasteiger partial charge >= 0.3 is 6.09 Å². The summed E-state index contributed by atoms with van der Waals surface area (Å²) in [6.45, 7) is 0.602. The molecular weight excluding hydrogens is 278 g/mol. The zero-order valence-electron chi connectivity index (χ0n) is 12.4. The highest BCUT2D eigenvalue weighted by Crippen LogP contribution is 2.23. The van der Waals surface area contributed by atoms with Crippen LogP contribution in [-0.4, -0.2) is 33.3 Å². The van der Waals surface area contributed by atoms with Crippen molar-refractivity contribution in [2.75, 3.05) is 6.54 Å². The van der Waals surface area contributed by atoms with Gasteiger partial charge in [-0.15, -0.1) is 0 Å². The van der Waals surface area contributed by atoms with E-state index in [1.54, 1.807) is 6.07 Å². The van der Waals surface area contributed by atoms with Crippen LogP contribution >= 0.6 is 0 Å². The first-order chi connectivity index (χ1) is 10.6. The molecule has 1 aliphatic rings. The highest BCUT2D eigenvalue weighted by molar-refractivity contribution is 5.85. The minimum Gasteiger partial charge on any atom is -0.465 e. The first kappa shape index (κ1) is 14.2. The van der Waals surface area contributed by atoms with Crippen LogP contribution in [0.5, 0.6) is 0 Å². The molecule has 22 heavy (non-hydrogen) atoms. The summed E-state index contributed by atoms with van der Waals surface area (Å²) >= 11 is 0. The smallest absolute Gasteiger partial charge is 0.407 e. The molecule has 1 aromatic carbocycles. The molecule has 0 saturated carbocycles. The predicted molar refractivity (Wildman–Crippen MR) is 84.4 cm³/mol. The molecule has 0 spiro atoms. The average Bonchev–Trinajstić information content (AvgIpc) is 3.10. The zero-order valence-corrected chi connectivity index (χ0v) is 12.4. The van der Waals surface area contributed by atoms with Gasteiger partial charge in [-0.05, 0) is 43.2 Å². The summed E-state index contributed by atoms with van der Waals surface area (Å²) in [5.74, 6) is 0. The quantitative estimate of drug-likeness (QED) is 0.925. The van der Waals surface area contributed by atoms with Crippen LogP contribution in [0.2, 0.25) is 0 Å². The average molecular weight is 295 g/mol. The maximum absolute atomic E-state index is 11.2. The highest BCUT2D eigenvalue weighted by Gasteiger charge is 2.26. The molecule has 112 valence electrons. The lowest BCUT2D eigenvalue weighted by molar-refractivity contribution is 0.147. The molecule has 5 heteroatoms. The number of hydrogen-bond donors (Lipinski definition) is 1. The summed E-state index contributed by atoms with van der Waals surface area (Å²) in [5.41, 5.74) is 2.70. The Hall–Kier alpha value is -2.74. The molecule has 3 rings (SSSR count). The van der Waals surface area contributed by atoms with Crippen LogP contribution in [0.3, 0.4) is 0 Å². The molecule has 0 aliphatic carbocycles. The van der Waals surface area contributed by atoms with Crippen molar-refractivity contribution in [1.82, 2.24) is 9.47 Å². The fourth-order valence-electron chi connectivity index (χ4n) is 3.04. The molecule has 1 aliphatic heterocycles. The summed E-state index contributed by atoms with van der Waals surface area (Å²) in [6.07, 6.45) is 4.84. The molecule has 0 bridgehead atoms. The van der Waals surface area contributed by atoms with Crippen molar-refractivity contribution in [1.29, 1.82) is 5.26 Å². The topological polar surface area (TPSA) is 69.3 Å². The van der Waals surface area contributed by atoms with E-state index in [2.05, 4.69) is 6.07 Å². The Labute approximate surface area is 128 Å². The van der Waals surface area contributed by atoms with Gasteiger partial charge in [-0.25, -0.2) is 4.79 Å². The van der Waals surface area contributed by atoms with Gasteiger partial charge in [0.2, 0.25) is 0 Å². The van der Waals surface area contributed by atoms with E-state index >= 15 is 0 Å².